The number of benzene rings is 3. The number of nitrogens with zero attached hydrogens (tertiary/aromatic N) is 6. The maximum Gasteiger partial charge on any atom is 0.475 e. The minimum atomic E-state index is -4.66. The number of aromatic amines is 1. The monoisotopic (exact) mass is 1020 g/mol. The molecule has 20 nitrogen and oxygen atoms in total. The molecule has 0 radical (unpaired) electrons. The van der Waals surface area contributed by atoms with E-state index in [1.807, 2.05) is 84.9 Å². The van der Waals surface area contributed by atoms with E-state index in [9.17, 15) is 14.9 Å². The molecule has 7 atom stereocenters. The van der Waals surface area contributed by atoms with Gasteiger partial charge in [-0.05, 0) is 66.0 Å². The Balaban J connectivity index is 1.16. The van der Waals surface area contributed by atoms with Gasteiger partial charge in [-0.3, -0.25) is 32.5 Å². The first-order valence-electron chi connectivity index (χ1n) is 23.6. The molecule has 3 N–H and O–H groups in total. The molecule has 2 aliphatic heterocycles. The average molecular weight is 1030 g/mol. The fraction of sp³-hybridized carbons (Fsp3) is 0.440. The quantitative estimate of drug-likeness (QED) is 0.0322. The first kappa shape index (κ1) is 52.3. The summed E-state index contributed by atoms with van der Waals surface area (Å²) in [5.74, 6) is 1.46. The highest BCUT2D eigenvalue weighted by molar-refractivity contribution is 7.48. The van der Waals surface area contributed by atoms with Crippen molar-refractivity contribution in [2.75, 3.05) is 39.8 Å². The summed E-state index contributed by atoms with van der Waals surface area (Å²) in [6.45, 7) is 11.2. The summed E-state index contributed by atoms with van der Waals surface area (Å²) < 4.78 is 75.6. The molecule has 3 aromatic heterocycles. The molecule has 0 amide bonds. The molecule has 22 heteroatoms. The second kappa shape index (κ2) is 21.6. The lowest BCUT2D eigenvalue weighted by molar-refractivity contribution is -0.0947. The number of aryl methyl sites for hydroxylation is 1. The van der Waals surface area contributed by atoms with Crippen LogP contribution in [-0.4, -0.2) is 95.8 Å². The van der Waals surface area contributed by atoms with Crippen LogP contribution in [0.4, 0.5) is 5.82 Å². The van der Waals surface area contributed by atoms with Crippen LogP contribution in [0.15, 0.2) is 107 Å². The van der Waals surface area contributed by atoms with Crippen LogP contribution < -0.4 is 26.5 Å². The van der Waals surface area contributed by atoms with E-state index in [1.54, 1.807) is 25.7 Å². The van der Waals surface area contributed by atoms with Crippen molar-refractivity contribution >= 4 is 33.1 Å². The number of nitrogens with two attached hydrogens (primary N) is 1. The van der Waals surface area contributed by atoms with Gasteiger partial charge in [0.05, 0.1) is 59.0 Å². The number of phosphoric acid groups is 1. The third-order valence-corrected chi connectivity index (χ3v) is 19.5. The smallest absolute Gasteiger partial charge is 0.475 e. The normalized spacial score (nSPS) is 21.4. The number of ether oxygens (including phenoxy) is 5. The number of H-pyrrole nitrogens is 1. The molecular formula is C50H61N8O12PSi. The van der Waals surface area contributed by atoms with Crippen LogP contribution in [0.1, 0.15) is 74.7 Å². The van der Waals surface area contributed by atoms with Crippen molar-refractivity contribution in [3.8, 4) is 17.6 Å². The topological polar surface area (TPSA) is 248 Å². The Hall–Kier alpha value is -6.05. The molecule has 8 rings (SSSR count). The minimum absolute atomic E-state index is 0.0648. The Morgan fingerprint density at radius 3 is 2.04 bits per heavy atom. The molecule has 0 aliphatic carbocycles. The van der Waals surface area contributed by atoms with Gasteiger partial charge in [0.15, 0.2) is 19.8 Å². The van der Waals surface area contributed by atoms with Gasteiger partial charge in [-0.1, -0.05) is 75.4 Å². The maximum atomic E-state index is 15.3. The highest BCUT2D eigenvalue weighted by atomic mass is 31.2. The molecule has 6 aromatic rings. The van der Waals surface area contributed by atoms with E-state index in [1.165, 1.54) is 23.4 Å². The average Bonchev–Trinajstić information content (AvgIpc) is 4.10. The van der Waals surface area contributed by atoms with Crippen molar-refractivity contribution in [2.24, 2.45) is 0 Å². The summed E-state index contributed by atoms with van der Waals surface area (Å²) in [5, 5.41) is 9.35. The number of nitriles is 1. The Bertz CT molecular complexity index is 2980. The lowest BCUT2D eigenvalue weighted by Crippen LogP contribution is -2.46. The van der Waals surface area contributed by atoms with Crippen molar-refractivity contribution in [1.82, 2.24) is 29.1 Å². The van der Waals surface area contributed by atoms with E-state index >= 15 is 4.57 Å². The van der Waals surface area contributed by atoms with Crippen molar-refractivity contribution in [1.29, 1.82) is 5.26 Å². The van der Waals surface area contributed by atoms with Crippen LogP contribution >= 0.6 is 7.82 Å². The van der Waals surface area contributed by atoms with Crippen molar-refractivity contribution in [3.05, 3.63) is 141 Å². The number of hydrogen-bond donors (Lipinski definition) is 2. The van der Waals surface area contributed by atoms with Crippen LogP contribution in [-0.2, 0) is 42.4 Å². The summed E-state index contributed by atoms with van der Waals surface area (Å²) in [7, 11) is -3.96. The number of methoxy groups -OCH3 is 2. The highest BCUT2D eigenvalue weighted by Crippen LogP contribution is 2.55. The summed E-state index contributed by atoms with van der Waals surface area (Å²) in [6, 6.07) is 26.9. The molecular weight excluding hydrogens is 964 g/mol. The van der Waals surface area contributed by atoms with E-state index in [0.29, 0.717) is 28.2 Å². The van der Waals surface area contributed by atoms with E-state index in [2.05, 4.69) is 53.8 Å². The van der Waals surface area contributed by atoms with Gasteiger partial charge in [0.2, 0.25) is 0 Å². The van der Waals surface area contributed by atoms with Crippen molar-refractivity contribution < 1.29 is 46.2 Å². The number of fused-ring (bicyclic) bond motifs is 1. The molecule has 2 aliphatic rings. The van der Waals surface area contributed by atoms with Gasteiger partial charge in [0.1, 0.15) is 59.7 Å². The Morgan fingerprint density at radius 2 is 1.43 bits per heavy atom. The molecule has 3 aromatic carbocycles. The fourth-order valence-electron chi connectivity index (χ4n) is 8.63. The Labute approximate surface area is 418 Å². The van der Waals surface area contributed by atoms with Crippen molar-refractivity contribution in [3.63, 3.8) is 0 Å². The number of nitrogen functional groups attached to an aromatic ring is 1. The second-order valence-corrected chi connectivity index (χ2v) is 25.5. The van der Waals surface area contributed by atoms with Crippen LogP contribution in [0.2, 0.25) is 18.1 Å². The van der Waals surface area contributed by atoms with E-state index in [0.717, 1.165) is 16.7 Å². The first-order chi connectivity index (χ1) is 34.4. The fourth-order valence-corrected chi connectivity index (χ4v) is 11.4. The van der Waals surface area contributed by atoms with E-state index in [4.69, 9.17) is 47.4 Å². The number of phosphoric ester groups is 1. The van der Waals surface area contributed by atoms with Crippen molar-refractivity contribution in [2.45, 2.75) is 108 Å². The number of aromatic nitrogens is 6. The summed E-state index contributed by atoms with van der Waals surface area (Å²) >= 11 is 0. The standard InChI is InChI=1S/C50H61N8O12PSi/c1-32-27-57(48(60)56-47(32)59)42-26-39(70-72(7,8)49(2,3)4)41(68-42)29-66-71(61,65-24-12-23-51)69-38-25-43(58-31-55-44-45(52)53-30-54-46(44)58)67-40(38)28-64-50(33-13-10-9-11-14-33,34-15-19-36(62-5)20-16-34)35-17-21-37(63-6)22-18-35/h9-11,13-22,27,30-31,38-43H,12,24-26,28-29H2,1-8H3,(H2,52,53,54)(H,56,59,60)/t38-,39-,40+,41+,42+,43+,71?/m0/s1. The minimum Gasteiger partial charge on any atom is -0.497 e. The lowest BCUT2D eigenvalue weighted by atomic mass is 9.80. The molecule has 0 spiro atoms. The second-order valence-electron chi connectivity index (χ2n) is 19.2. The summed E-state index contributed by atoms with van der Waals surface area (Å²) in [6.07, 6.45) is -0.805. The third kappa shape index (κ3) is 11.0. The van der Waals surface area contributed by atoms with E-state index in [-0.39, 0.29) is 49.9 Å². The molecule has 72 heavy (non-hydrogen) atoms. The largest absolute Gasteiger partial charge is 0.497 e. The lowest BCUT2D eigenvalue weighted by Gasteiger charge is -2.39. The summed E-state index contributed by atoms with van der Waals surface area (Å²) in [4.78, 5) is 40.9. The Kier molecular flexibility index (Phi) is 15.7. The SMILES string of the molecule is COc1ccc(C(OC[C@H]2O[C@@H](n3cnc4c(N)ncnc43)C[C@@H]2OP(=O)(OCCC#N)OC[C@H]2O[C@@H](n3cc(C)c(=O)[nH]c3=O)C[C@@H]2O[Si](C)(C)C(C)(C)C)(c2ccccc2)c2ccc(OC)cc2)cc1. The zero-order valence-corrected chi connectivity index (χ0v) is 43.4. The van der Waals surface area contributed by atoms with Crippen LogP contribution in [0.3, 0.4) is 0 Å². The highest BCUT2D eigenvalue weighted by Gasteiger charge is 2.49. The Morgan fingerprint density at radius 1 is 0.833 bits per heavy atom. The van der Waals surface area contributed by atoms with Crippen LogP contribution in [0.5, 0.6) is 11.5 Å². The zero-order chi connectivity index (χ0) is 51.4. The van der Waals surface area contributed by atoms with E-state index < -0.39 is 69.9 Å². The zero-order valence-electron chi connectivity index (χ0n) is 41.6. The van der Waals surface area contributed by atoms with Gasteiger partial charge in [-0.2, -0.15) is 5.26 Å². The number of hydrogen-bond acceptors (Lipinski definition) is 17. The van der Waals surface area contributed by atoms with Gasteiger partial charge in [-0.15, -0.1) is 0 Å². The van der Waals surface area contributed by atoms with Crippen LogP contribution in [0, 0.1) is 18.3 Å². The predicted molar refractivity (Wildman–Crippen MR) is 268 cm³/mol. The number of anilines is 1. The molecule has 382 valence electrons. The van der Waals surface area contributed by atoms with Gasteiger partial charge in [-0.25, -0.2) is 24.3 Å². The predicted octanol–water partition coefficient (Wildman–Crippen LogP) is 7.70. The van der Waals surface area contributed by atoms with Gasteiger partial charge in [0, 0.05) is 24.6 Å². The molecule has 2 saturated heterocycles. The van der Waals surface area contributed by atoms with Gasteiger partial charge < -0.3 is 33.8 Å². The molecule has 5 heterocycles. The summed E-state index contributed by atoms with van der Waals surface area (Å²) in [5.41, 5.74) is 7.14. The molecule has 1 unspecified atom stereocenters. The molecule has 2 fully saturated rings. The number of nitrogens with one attached hydrogen (secondary N) is 1. The first-order valence-corrected chi connectivity index (χ1v) is 27.9. The maximum absolute atomic E-state index is 15.3. The number of imidazole rings is 1. The molecule has 0 saturated carbocycles. The van der Waals surface area contributed by atoms with Crippen LogP contribution in [0.25, 0.3) is 11.2 Å². The third-order valence-electron chi connectivity index (χ3n) is 13.5. The molecule has 0 bridgehead atoms. The number of rotatable bonds is 20. The van der Waals surface area contributed by atoms with Gasteiger partial charge >= 0.3 is 13.5 Å². The van der Waals surface area contributed by atoms with Gasteiger partial charge in [0.25, 0.3) is 5.56 Å².